The van der Waals surface area contributed by atoms with Crippen LogP contribution in [-0.2, 0) is 19.1 Å². The van der Waals surface area contributed by atoms with E-state index in [-0.39, 0.29) is 30.0 Å². The topological polar surface area (TPSA) is 121 Å². The van der Waals surface area contributed by atoms with Gasteiger partial charge in [-0.2, -0.15) is 0 Å². The second-order valence-corrected chi connectivity index (χ2v) is 12.0. The highest BCUT2D eigenvalue weighted by molar-refractivity contribution is 7.09. The number of carbonyl (C=O) groups excluding carboxylic acids is 2. The summed E-state index contributed by atoms with van der Waals surface area (Å²) in [5.74, 6) is -1.59. The maximum absolute atomic E-state index is 13.2. The number of Topliss-reactive ketones (excluding diaryl/α,β-unsaturated/α-hetero) is 1. The zero-order chi connectivity index (χ0) is 26.1. The fourth-order valence-corrected chi connectivity index (χ4v) is 5.30. The Morgan fingerprint density at radius 2 is 1.94 bits per heavy atom. The van der Waals surface area contributed by atoms with Gasteiger partial charge in [-0.3, -0.25) is 9.59 Å². The molecule has 0 bridgehead atoms. The predicted octanol–water partition coefficient (Wildman–Crippen LogP) is 3.04. The molecule has 9 heteroatoms. The molecule has 35 heavy (non-hydrogen) atoms. The van der Waals surface area contributed by atoms with Crippen LogP contribution < -0.4 is 5.32 Å². The summed E-state index contributed by atoms with van der Waals surface area (Å²) in [7, 11) is 0. The summed E-state index contributed by atoms with van der Waals surface area (Å²) in [5.41, 5.74) is 0.0632. The van der Waals surface area contributed by atoms with E-state index >= 15 is 0 Å². The molecule has 1 aromatic heterocycles. The lowest BCUT2D eigenvalue weighted by Crippen LogP contribution is -2.49. The molecule has 0 amide bonds. The lowest BCUT2D eigenvalue weighted by molar-refractivity contribution is -0.154. The molecule has 0 spiro atoms. The van der Waals surface area contributed by atoms with Crippen molar-refractivity contribution in [2.75, 3.05) is 6.54 Å². The summed E-state index contributed by atoms with van der Waals surface area (Å²) in [5, 5.41) is 27.8. The van der Waals surface area contributed by atoms with Crippen molar-refractivity contribution in [1.82, 2.24) is 10.3 Å². The van der Waals surface area contributed by atoms with Crippen molar-refractivity contribution in [2.45, 2.75) is 104 Å². The van der Waals surface area contributed by atoms with E-state index in [1.807, 2.05) is 39.2 Å². The first-order chi connectivity index (χ1) is 16.2. The van der Waals surface area contributed by atoms with Gasteiger partial charge in [-0.1, -0.05) is 20.8 Å². The maximum Gasteiger partial charge on any atom is 0.309 e. The van der Waals surface area contributed by atoms with Crippen LogP contribution in [0, 0.1) is 18.3 Å². The fraction of sp³-hybridized carbons (Fsp3) is 0.731. The number of carbonyl (C=O) groups is 2. The highest BCUT2D eigenvalue weighted by Gasteiger charge is 2.53. The number of ether oxygens (including phenoxy) is 2. The van der Waals surface area contributed by atoms with E-state index in [4.69, 9.17) is 9.47 Å². The van der Waals surface area contributed by atoms with Crippen molar-refractivity contribution >= 4 is 29.2 Å². The lowest BCUT2D eigenvalue weighted by atomic mass is 9.74. The van der Waals surface area contributed by atoms with Gasteiger partial charge in [0.2, 0.25) is 0 Å². The molecule has 2 fully saturated rings. The molecule has 2 saturated heterocycles. The molecule has 0 radical (unpaired) electrons. The third-order valence-electron chi connectivity index (χ3n) is 7.61. The van der Waals surface area contributed by atoms with E-state index in [1.54, 1.807) is 32.1 Å². The molecule has 3 rings (SSSR count). The summed E-state index contributed by atoms with van der Waals surface area (Å²) >= 11 is 1.55. The first-order valence-electron chi connectivity index (χ1n) is 12.4. The summed E-state index contributed by atoms with van der Waals surface area (Å²) in [4.78, 5) is 30.6. The largest absolute Gasteiger partial charge is 0.458 e. The summed E-state index contributed by atoms with van der Waals surface area (Å²) < 4.78 is 11.9. The van der Waals surface area contributed by atoms with Crippen molar-refractivity contribution in [3.05, 3.63) is 21.7 Å². The zero-order valence-corrected chi connectivity index (χ0v) is 22.6. The van der Waals surface area contributed by atoms with Crippen molar-refractivity contribution in [1.29, 1.82) is 0 Å². The van der Waals surface area contributed by atoms with Crippen LogP contribution in [0.5, 0.6) is 0 Å². The quantitative estimate of drug-likeness (QED) is 0.412. The Bertz CT molecular complexity index is 959. The molecule has 2 aliphatic rings. The van der Waals surface area contributed by atoms with E-state index in [0.717, 1.165) is 22.7 Å². The van der Waals surface area contributed by atoms with Gasteiger partial charge in [-0.15, -0.1) is 11.3 Å². The Morgan fingerprint density at radius 3 is 2.57 bits per heavy atom. The monoisotopic (exact) mass is 508 g/mol. The van der Waals surface area contributed by atoms with Crippen LogP contribution in [-0.4, -0.2) is 69.6 Å². The molecule has 2 aliphatic heterocycles. The third-order valence-corrected chi connectivity index (χ3v) is 8.40. The Hall–Kier alpha value is -1.65. The number of thiazole rings is 1. The average molecular weight is 509 g/mol. The maximum atomic E-state index is 13.2. The molecule has 7 atom stereocenters. The molecule has 0 saturated carbocycles. The summed E-state index contributed by atoms with van der Waals surface area (Å²) in [6.45, 7) is 13.2. The van der Waals surface area contributed by atoms with Gasteiger partial charge in [0.1, 0.15) is 11.9 Å². The summed E-state index contributed by atoms with van der Waals surface area (Å²) in [6, 6.07) is -0.319. The fourth-order valence-electron chi connectivity index (χ4n) is 4.73. The number of nitrogens with one attached hydrogen (secondary N) is 1. The van der Waals surface area contributed by atoms with Crippen LogP contribution in [0.4, 0.5) is 0 Å². The van der Waals surface area contributed by atoms with Crippen LogP contribution >= 0.6 is 11.3 Å². The number of ketones is 1. The zero-order valence-electron chi connectivity index (χ0n) is 21.8. The van der Waals surface area contributed by atoms with Crippen LogP contribution in [0.15, 0.2) is 11.0 Å². The Morgan fingerprint density at radius 1 is 1.26 bits per heavy atom. The number of hydrogen-bond acceptors (Lipinski definition) is 9. The number of hydrogen-bond donors (Lipinski definition) is 3. The molecule has 3 heterocycles. The molecule has 0 aliphatic carbocycles. The van der Waals surface area contributed by atoms with Crippen LogP contribution in [0.3, 0.4) is 0 Å². The Labute approximate surface area is 212 Å². The molecule has 1 aromatic rings. The van der Waals surface area contributed by atoms with Gasteiger partial charge in [0.25, 0.3) is 0 Å². The van der Waals surface area contributed by atoms with Crippen molar-refractivity contribution < 1.29 is 29.3 Å². The lowest BCUT2D eigenvalue weighted by Gasteiger charge is -2.34. The number of aromatic nitrogens is 1. The number of aryl methyl sites for hydroxylation is 1. The van der Waals surface area contributed by atoms with Crippen LogP contribution in [0.1, 0.15) is 71.5 Å². The second-order valence-electron chi connectivity index (χ2n) is 10.9. The molecule has 196 valence electrons. The number of fused-ring (bicyclic) bond motifs is 1. The van der Waals surface area contributed by atoms with E-state index in [1.165, 1.54) is 0 Å². The van der Waals surface area contributed by atoms with Gasteiger partial charge in [-0.05, 0) is 52.3 Å². The number of aliphatic hydroxyl groups excluding tert-OH is 2. The van der Waals surface area contributed by atoms with Gasteiger partial charge < -0.3 is 25.0 Å². The predicted molar refractivity (Wildman–Crippen MR) is 135 cm³/mol. The van der Waals surface area contributed by atoms with Crippen LogP contribution in [0.2, 0.25) is 0 Å². The number of rotatable bonds is 2. The van der Waals surface area contributed by atoms with E-state index in [2.05, 4.69) is 10.3 Å². The average Bonchev–Trinajstić information content (AvgIpc) is 3.22. The van der Waals surface area contributed by atoms with Gasteiger partial charge in [-0.25, -0.2) is 4.98 Å². The van der Waals surface area contributed by atoms with E-state index in [9.17, 15) is 19.8 Å². The first kappa shape index (κ1) is 27.9. The Kier molecular flexibility index (Phi) is 8.59. The molecular weight excluding hydrogens is 468 g/mol. The minimum Gasteiger partial charge on any atom is -0.458 e. The SMILES string of the molecule is CC(=Cc1csc(C)n1)[C@H]1C[C@@H]2O[C@@]2(C)CCN[C@H](C)[C@H](O)C(C)C(=O)C(C)(C)[C@H](O)CC(=O)O1. The number of nitrogens with zero attached hydrogens (tertiary/aromatic N) is 1. The number of epoxide rings is 1. The molecular formula is C26H40N2O6S. The van der Waals surface area contributed by atoms with Crippen LogP contribution in [0.25, 0.3) is 6.08 Å². The van der Waals surface area contributed by atoms with Crippen molar-refractivity contribution in [2.24, 2.45) is 11.3 Å². The smallest absolute Gasteiger partial charge is 0.309 e. The van der Waals surface area contributed by atoms with Gasteiger partial charge in [0.05, 0.1) is 46.5 Å². The molecule has 1 unspecified atom stereocenters. The summed E-state index contributed by atoms with van der Waals surface area (Å²) in [6.07, 6.45) is -0.00321. The number of esters is 1. The number of cyclic esters (lactones) is 1. The second kappa shape index (κ2) is 10.8. The normalized spacial score (nSPS) is 37.5. The molecule has 3 N–H and O–H groups in total. The highest BCUT2D eigenvalue weighted by Crippen LogP contribution is 2.43. The molecule has 0 aromatic carbocycles. The van der Waals surface area contributed by atoms with E-state index in [0.29, 0.717) is 13.0 Å². The van der Waals surface area contributed by atoms with Crippen molar-refractivity contribution in [3.63, 3.8) is 0 Å². The van der Waals surface area contributed by atoms with E-state index < -0.39 is 35.6 Å². The minimum atomic E-state index is -1.25. The highest BCUT2D eigenvalue weighted by atomic mass is 32.1. The Balaban J connectivity index is 1.85. The first-order valence-corrected chi connectivity index (χ1v) is 13.2. The van der Waals surface area contributed by atoms with Gasteiger partial charge in [0, 0.05) is 23.8 Å². The van der Waals surface area contributed by atoms with Gasteiger partial charge >= 0.3 is 5.97 Å². The van der Waals surface area contributed by atoms with Gasteiger partial charge in [0.15, 0.2) is 0 Å². The third kappa shape index (κ3) is 6.57. The minimum absolute atomic E-state index is 0.0855. The number of aliphatic hydroxyl groups is 2. The van der Waals surface area contributed by atoms with Crippen molar-refractivity contribution in [3.8, 4) is 0 Å². The standard InChI is InChI=1S/C26H40N2O6S/c1-14(10-18-13-35-17(4)28-18)19-11-21-26(7,34-21)8-9-27-16(3)23(31)15(2)24(32)25(5,6)20(29)12-22(30)33-19/h10,13,15-16,19-21,23,27,29,31H,8-9,11-12H2,1-7H3/t15?,16-,19-,20-,21+,23-,26+/m1/s1. The molecule has 8 nitrogen and oxygen atoms in total.